The number of benzene rings is 1. The number of hydrogen-bond donors (Lipinski definition) is 2. The van der Waals surface area contributed by atoms with Crippen molar-refractivity contribution >= 4 is 5.97 Å². The molecule has 2 atom stereocenters. The summed E-state index contributed by atoms with van der Waals surface area (Å²) in [6.45, 7) is 6.34. The highest BCUT2D eigenvalue weighted by molar-refractivity contribution is 5.93. The number of cyclic esters (lactones) is 1. The molecule has 2 aliphatic heterocycles. The Morgan fingerprint density at radius 2 is 1.77 bits per heavy atom. The summed E-state index contributed by atoms with van der Waals surface area (Å²) in [6, 6.07) is 8.94. The first kappa shape index (κ1) is 21.4. The molecule has 4 rings (SSSR count). The molecule has 0 spiro atoms. The standard InChI is InChI=1S/C23H26N4O4/c1-15-17(3-4-18-19(15)14-31-23(18)30)21(28)12-26-6-8-27(9-7-26)13-22(29)20-5-2-16(10-24)11-25-20/h2-5,11,21-22,28-29H,6-9,12-14H2,1H3/t21-,22?/m1/s1. The zero-order valence-electron chi connectivity index (χ0n) is 17.5. The van der Waals surface area contributed by atoms with E-state index in [1.807, 2.05) is 19.1 Å². The second kappa shape index (κ2) is 9.12. The lowest BCUT2D eigenvalue weighted by molar-refractivity contribution is 0.0470. The van der Waals surface area contributed by atoms with Gasteiger partial charge in [0.1, 0.15) is 18.8 Å². The van der Waals surface area contributed by atoms with Crippen LogP contribution in [0.1, 0.15) is 50.5 Å². The van der Waals surface area contributed by atoms with Crippen molar-refractivity contribution in [3.05, 3.63) is 64.0 Å². The molecule has 8 nitrogen and oxygen atoms in total. The van der Waals surface area contributed by atoms with Crippen molar-refractivity contribution in [2.75, 3.05) is 39.3 Å². The number of carbonyl (C=O) groups excluding carboxylic acids is 1. The van der Waals surface area contributed by atoms with Crippen molar-refractivity contribution in [1.29, 1.82) is 5.26 Å². The van der Waals surface area contributed by atoms with E-state index in [0.717, 1.165) is 42.9 Å². The molecular weight excluding hydrogens is 396 g/mol. The molecule has 2 aliphatic rings. The van der Waals surface area contributed by atoms with Gasteiger partial charge in [-0.1, -0.05) is 6.07 Å². The van der Waals surface area contributed by atoms with Crippen LogP contribution in [0.5, 0.6) is 0 Å². The topological polar surface area (TPSA) is 110 Å². The zero-order chi connectivity index (χ0) is 22.0. The van der Waals surface area contributed by atoms with Crippen LogP contribution in [0.15, 0.2) is 30.5 Å². The molecule has 1 saturated heterocycles. The summed E-state index contributed by atoms with van der Waals surface area (Å²) in [4.78, 5) is 20.3. The molecule has 0 bridgehead atoms. The Balaban J connectivity index is 1.29. The second-order valence-electron chi connectivity index (χ2n) is 8.10. The third-order valence-corrected chi connectivity index (χ3v) is 6.15. The highest BCUT2D eigenvalue weighted by Gasteiger charge is 2.27. The number of aliphatic hydroxyl groups excluding tert-OH is 2. The molecule has 162 valence electrons. The van der Waals surface area contributed by atoms with Gasteiger partial charge in [-0.15, -0.1) is 0 Å². The lowest BCUT2D eigenvalue weighted by Gasteiger charge is -2.36. The Kier molecular flexibility index (Phi) is 6.30. The number of fused-ring (bicyclic) bond motifs is 1. The van der Waals surface area contributed by atoms with Gasteiger partial charge in [-0.05, 0) is 36.2 Å². The highest BCUT2D eigenvalue weighted by Crippen LogP contribution is 2.29. The van der Waals surface area contributed by atoms with E-state index in [0.29, 0.717) is 29.9 Å². The first-order chi connectivity index (χ1) is 15.0. The quantitative estimate of drug-likeness (QED) is 0.671. The van der Waals surface area contributed by atoms with Crippen LogP contribution in [0.3, 0.4) is 0 Å². The molecule has 0 saturated carbocycles. The molecule has 1 fully saturated rings. The third-order valence-electron chi connectivity index (χ3n) is 6.15. The third kappa shape index (κ3) is 4.60. The molecule has 0 aliphatic carbocycles. The van der Waals surface area contributed by atoms with Crippen molar-refractivity contribution in [1.82, 2.24) is 14.8 Å². The van der Waals surface area contributed by atoms with E-state index in [2.05, 4.69) is 14.8 Å². The highest BCUT2D eigenvalue weighted by atomic mass is 16.5. The maximum atomic E-state index is 11.7. The maximum Gasteiger partial charge on any atom is 0.338 e. The van der Waals surface area contributed by atoms with E-state index in [-0.39, 0.29) is 12.6 Å². The van der Waals surface area contributed by atoms with E-state index < -0.39 is 12.2 Å². The molecule has 8 heteroatoms. The largest absolute Gasteiger partial charge is 0.457 e. The first-order valence-electron chi connectivity index (χ1n) is 10.4. The predicted molar refractivity (Wildman–Crippen MR) is 112 cm³/mol. The average Bonchev–Trinajstić information content (AvgIpc) is 3.17. The van der Waals surface area contributed by atoms with Gasteiger partial charge in [0.05, 0.1) is 22.9 Å². The summed E-state index contributed by atoms with van der Waals surface area (Å²) in [5.74, 6) is -0.298. The average molecular weight is 422 g/mol. The van der Waals surface area contributed by atoms with Crippen molar-refractivity contribution in [3.63, 3.8) is 0 Å². The van der Waals surface area contributed by atoms with Gasteiger partial charge in [0.25, 0.3) is 0 Å². The molecule has 1 aromatic carbocycles. The number of carbonyl (C=O) groups is 1. The molecule has 2 N–H and O–H groups in total. The number of aliphatic hydroxyl groups is 2. The molecule has 3 heterocycles. The zero-order valence-corrected chi connectivity index (χ0v) is 17.5. The van der Waals surface area contributed by atoms with Crippen LogP contribution in [0.2, 0.25) is 0 Å². The van der Waals surface area contributed by atoms with Gasteiger partial charge in [0.2, 0.25) is 0 Å². The summed E-state index contributed by atoms with van der Waals surface area (Å²) in [5, 5.41) is 30.1. The first-order valence-corrected chi connectivity index (χ1v) is 10.4. The number of nitrogens with zero attached hydrogens (tertiary/aromatic N) is 4. The van der Waals surface area contributed by atoms with E-state index in [1.165, 1.54) is 6.20 Å². The van der Waals surface area contributed by atoms with Crippen molar-refractivity contribution in [2.45, 2.75) is 25.7 Å². The smallest absolute Gasteiger partial charge is 0.338 e. The minimum absolute atomic E-state index is 0.273. The summed E-state index contributed by atoms with van der Waals surface area (Å²) in [6.07, 6.45) is 0.130. The van der Waals surface area contributed by atoms with Gasteiger partial charge in [-0.2, -0.15) is 5.26 Å². The lowest BCUT2D eigenvalue weighted by atomic mass is 9.95. The van der Waals surface area contributed by atoms with E-state index >= 15 is 0 Å². The fourth-order valence-corrected chi connectivity index (χ4v) is 4.23. The van der Waals surface area contributed by atoms with Gasteiger partial charge in [0, 0.05) is 51.0 Å². The number of hydrogen-bond acceptors (Lipinski definition) is 8. The number of piperazine rings is 1. The Hall–Kier alpha value is -2.83. The van der Waals surface area contributed by atoms with E-state index in [9.17, 15) is 15.0 Å². The number of ether oxygens (including phenoxy) is 1. The minimum Gasteiger partial charge on any atom is -0.457 e. The fourth-order valence-electron chi connectivity index (χ4n) is 4.23. The van der Waals surface area contributed by atoms with Crippen molar-refractivity contribution in [2.24, 2.45) is 0 Å². The number of β-amino-alcohol motifs (C(OH)–C–C–N with tert-alkyl or cyclic N) is 2. The van der Waals surface area contributed by atoms with Crippen LogP contribution in [-0.2, 0) is 11.3 Å². The molecule has 0 amide bonds. The predicted octanol–water partition coefficient (Wildman–Crippen LogP) is 1.32. The number of pyridine rings is 1. The van der Waals surface area contributed by atoms with E-state index in [4.69, 9.17) is 10.00 Å². The Bertz CT molecular complexity index is 994. The summed E-state index contributed by atoms with van der Waals surface area (Å²) in [7, 11) is 0. The molecule has 1 unspecified atom stereocenters. The Morgan fingerprint density at radius 3 is 2.39 bits per heavy atom. The van der Waals surface area contributed by atoms with Crippen LogP contribution in [0.25, 0.3) is 0 Å². The second-order valence-corrected chi connectivity index (χ2v) is 8.10. The Morgan fingerprint density at radius 1 is 1.10 bits per heavy atom. The van der Waals surface area contributed by atoms with Crippen LogP contribution in [0, 0.1) is 18.3 Å². The van der Waals surface area contributed by atoms with Crippen LogP contribution < -0.4 is 0 Å². The monoisotopic (exact) mass is 422 g/mol. The van der Waals surface area contributed by atoms with E-state index in [1.54, 1.807) is 18.2 Å². The summed E-state index contributed by atoms with van der Waals surface area (Å²) < 4.78 is 5.10. The Labute approximate surface area is 181 Å². The maximum absolute atomic E-state index is 11.7. The number of nitriles is 1. The summed E-state index contributed by atoms with van der Waals surface area (Å²) >= 11 is 0. The molecule has 1 aromatic heterocycles. The summed E-state index contributed by atoms with van der Waals surface area (Å²) in [5.41, 5.74) is 4.26. The van der Waals surface area contributed by atoms with Crippen LogP contribution in [0.4, 0.5) is 0 Å². The lowest BCUT2D eigenvalue weighted by Crippen LogP contribution is -2.48. The molecular formula is C23H26N4O4. The van der Waals surface area contributed by atoms with Gasteiger partial charge >= 0.3 is 5.97 Å². The van der Waals surface area contributed by atoms with Gasteiger partial charge in [-0.25, -0.2) is 4.79 Å². The molecule has 0 radical (unpaired) electrons. The van der Waals surface area contributed by atoms with Gasteiger partial charge in [0.15, 0.2) is 0 Å². The number of rotatable bonds is 6. The van der Waals surface area contributed by atoms with Crippen LogP contribution in [-0.4, -0.2) is 70.2 Å². The number of esters is 1. The molecule has 2 aromatic rings. The van der Waals surface area contributed by atoms with Crippen molar-refractivity contribution in [3.8, 4) is 6.07 Å². The van der Waals surface area contributed by atoms with Crippen molar-refractivity contribution < 1.29 is 19.7 Å². The SMILES string of the molecule is Cc1c([C@H](O)CN2CCN(CC(O)c3ccc(C#N)cn3)CC2)ccc2c1COC2=O. The normalized spacial score (nSPS) is 18.8. The molecule has 31 heavy (non-hydrogen) atoms. The van der Waals surface area contributed by atoms with Crippen LogP contribution >= 0.6 is 0 Å². The minimum atomic E-state index is -0.705. The van der Waals surface area contributed by atoms with Gasteiger partial charge in [-0.3, -0.25) is 14.8 Å². The number of aromatic nitrogens is 1. The van der Waals surface area contributed by atoms with Gasteiger partial charge < -0.3 is 14.9 Å². The fraction of sp³-hybridized carbons (Fsp3) is 0.435.